The lowest BCUT2D eigenvalue weighted by Crippen LogP contribution is -2.23. The van der Waals surface area contributed by atoms with E-state index < -0.39 is 0 Å². The quantitative estimate of drug-likeness (QED) is 0.473. The second-order valence-electron chi connectivity index (χ2n) is 6.46. The van der Waals surface area contributed by atoms with Crippen LogP contribution < -0.4 is 10.1 Å². The first-order valence-electron chi connectivity index (χ1n) is 9.07. The van der Waals surface area contributed by atoms with Crippen molar-refractivity contribution in [2.75, 3.05) is 7.11 Å². The van der Waals surface area contributed by atoms with Gasteiger partial charge in [-0.2, -0.15) is 0 Å². The Bertz CT molecular complexity index is 1100. The summed E-state index contributed by atoms with van der Waals surface area (Å²) in [5.74, 6) is 0.337. The zero-order valence-electron chi connectivity index (χ0n) is 15.8. The van der Waals surface area contributed by atoms with E-state index in [4.69, 9.17) is 4.74 Å². The number of nitrogens with one attached hydrogen (secondary N) is 1. The van der Waals surface area contributed by atoms with Crippen LogP contribution >= 0.6 is 11.3 Å². The van der Waals surface area contributed by atoms with Crippen LogP contribution in [-0.4, -0.2) is 17.6 Å². The summed E-state index contributed by atoms with van der Waals surface area (Å²) in [6.45, 7) is 0.414. The number of halogens is 1. The van der Waals surface area contributed by atoms with E-state index in [-0.39, 0.29) is 11.7 Å². The number of benzene rings is 2. The van der Waals surface area contributed by atoms with E-state index in [1.165, 1.54) is 23.5 Å². The topological polar surface area (TPSA) is 43.3 Å². The number of nitrogens with zero attached hydrogens (tertiary/aromatic N) is 1. The van der Waals surface area contributed by atoms with Crippen molar-refractivity contribution in [3.8, 4) is 22.6 Å². The molecule has 4 nitrogen and oxygen atoms in total. The molecule has 0 radical (unpaired) electrons. The van der Waals surface area contributed by atoms with Gasteiger partial charge in [-0.05, 0) is 47.5 Å². The van der Waals surface area contributed by atoms with Crippen molar-refractivity contribution in [1.29, 1.82) is 0 Å². The summed E-state index contributed by atoms with van der Waals surface area (Å²) in [4.78, 5) is 13.6. The average Bonchev–Trinajstić information content (AvgIpc) is 3.42. The fourth-order valence-electron chi connectivity index (χ4n) is 3.09. The van der Waals surface area contributed by atoms with Crippen molar-refractivity contribution >= 4 is 17.2 Å². The Labute approximate surface area is 172 Å². The number of methoxy groups -OCH3 is 1. The summed E-state index contributed by atoms with van der Waals surface area (Å²) in [6.07, 6.45) is 3.80. The molecule has 0 saturated heterocycles. The Balaban J connectivity index is 1.62. The van der Waals surface area contributed by atoms with Gasteiger partial charge in [0.15, 0.2) is 0 Å². The van der Waals surface area contributed by atoms with E-state index in [1.54, 1.807) is 19.2 Å². The minimum atomic E-state index is -0.288. The standard InChI is InChI=1S/C23H19FN2O2S/c1-28-19-10-4-16(5-11-19)14-25-23(27)22-21(26-12-2-3-13-26)20(15-29-22)17-6-8-18(24)9-7-17/h2-13,15H,14H2,1H3,(H,25,27). The third-order valence-electron chi connectivity index (χ3n) is 4.60. The molecular formula is C23H19FN2O2S. The fourth-order valence-corrected chi connectivity index (χ4v) is 4.08. The van der Waals surface area contributed by atoms with Gasteiger partial charge in [-0.1, -0.05) is 24.3 Å². The predicted molar refractivity (Wildman–Crippen MR) is 113 cm³/mol. The van der Waals surface area contributed by atoms with Gasteiger partial charge in [0.05, 0.1) is 12.8 Å². The molecule has 6 heteroatoms. The van der Waals surface area contributed by atoms with Crippen molar-refractivity contribution in [1.82, 2.24) is 9.88 Å². The maximum absolute atomic E-state index is 13.3. The van der Waals surface area contributed by atoms with Crippen LogP contribution in [0.5, 0.6) is 5.75 Å². The molecule has 4 aromatic rings. The molecule has 0 saturated carbocycles. The Morgan fingerprint density at radius 1 is 1.07 bits per heavy atom. The third kappa shape index (κ3) is 4.07. The molecule has 0 atom stereocenters. The highest BCUT2D eigenvalue weighted by molar-refractivity contribution is 7.13. The zero-order chi connectivity index (χ0) is 20.2. The lowest BCUT2D eigenvalue weighted by molar-refractivity contribution is 0.0955. The normalized spacial score (nSPS) is 10.7. The van der Waals surface area contributed by atoms with Crippen LogP contribution in [0.25, 0.3) is 16.8 Å². The van der Waals surface area contributed by atoms with Crippen molar-refractivity contribution < 1.29 is 13.9 Å². The summed E-state index contributed by atoms with van der Waals surface area (Å²) in [7, 11) is 1.62. The first-order chi connectivity index (χ1) is 14.2. The van der Waals surface area contributed by atoms with Gasteiger partial charge in [0.1, 0.15) is 16.4 Å². The molecule has 2 aromatic heterocycles. The maximum atomic E-state index is 13.3. The van der Waals surface area contributed by atoms with E-state index >= 15 is 0 Å². The van der Waals surface area contributed by atoms with Crippen LogP contribution in [0, 0.1) is 5.82 Å². The molecular weight excluding hydrogens is 387 g/mol. The SMILES string of the molecule is COc1ccc(CNC(=O)c2scc(-c3ccc(F)cc3)c2-n2cccc2)cc1. The molecule has 0 fully saturated rings. The molecule has 146 valence electrons. The van der Waals surface area contributed by atoms with Crippen molar-refractivity contribution in [2.24, 2.45) is 0 Å². The lowest BCUT2D eigenvalue weighted by Gasteiger charge is -2.10. The molecule has 29 heavy (non-hydrogen) atoms. The van der Waals surface area contributed by atoms with Crippen LogP contribution in [0.4, 0.5) is 4.39 Å². The van der Waals surface area contributed by atoms with Crippen LogP contribution in [0.15, 0.2) is 78.4 Å². The minimum absolute atomic E-state index is 0.150. The Kier molecular flexibility index (Phi) is 5.44. The minimum Gasteiger partial charge on any atom is -0.497 e. The van der Waals surface area contributed by atoms with Crippen molar-refractivity contribution in [3.63, 3.8) is 0 Å². The van der Waals surface area contributed by atoms with E-state index in [2.05, 4.69) is 5.32 Å². The summed E-state index contributed by atoms with van der Waals surface area (Å²) in [5.41, 5.74) is 3.53. The molecule has 0 unspecified atom stereocenters. The van der Waals surface area contributed by atoms with Gasteiger partial charge in [-0.15, -0.1) is 11.3 Å². The summed E-state index contributed by atoms with van der Waals surface area (Å²) in [5, 5.41) is 4.92. The molecule has 0 aliphatic heterocycles. The smallest absolute Gasteiger partial charge is 0.263 e. The van der Waals surface area contributed by atoms with E-state index in [0.29, 0.717) is 11.4 Å². The maximum Gasteiger partial charge on any atom is 0.263 e. The van der Waals surface area contributed by atoms with Gasteiger partial charge in [0, 0.05) is 29.9 Å². The number of carbonyl (C=O) groups is 1. The molecule has 0 spiro atoms. The van der Waals surface area contributed by atoms with Gasteiger partial charge in [-0.25, -0.2) is 4.39 Å². The van der Waals surface area contributed by atoms with E-state index in [9.17, 15) is 9.18 Å². The molecule has 0 bridgehead atoms. The monoisotopic (exact) mass is 406 g/mol. The number of thiophene rings is 1. The summed E-state index contributed by atoms with van der Waals surface area (Å²) < 4.78 is 20.4. The van der Waals surface area contributed by atoms with Gasteiger partial charge < -0.3 is 14.6 Å². The second kappa shape index (κ2) is 8.32. The third-order valence-corrected chi connectivity index (χ3v) is 5.57. The Hall–Kier alpha value is -3.38. The zero-order valence-corrected chi connectivity index (χ0v) is 16.6. The van der Waals surface area contributed by atoms with Gasteiger partial charge in [0.25, 0.3) is 5.91 Å². The number of amides is 1. The first kappa shape index (κ1) is 19.0. The van der Waals surface area contributed by atoms with Gasteiger partial charge >= 0.3 is 0 Å². The molecule has 0 aliphatic rings. The van der Waals surface area contributed by atoms with Crippen molar-refractivity contribution in [2.45, 2.75) is 6.54 Å². The molecule has 0 aliphatic carbocycles. The Morgan fingerprint density at radius 2 is 1.76 bits per heavy atom. The second-order valence-corrected chi connectivity index (χ2v) is 7.33. The molecule has 1 N–H and O–H groups in total. The highest BCUT2D eigenvalue weighted by Crippen LogP contribution is 2.35. The highest BCUT2D eigenvalue weighted by Gasteiger charge is 2.20. The lowest BCUT2D eigenvalue weighted by atomic mass is 10.1. The van der Waals surface area contributed by atoms with Gasteiger partial charge in [-0.3, -0.25) is 4.79 Å². The van der Waals surface area contributed by atoms with E-state index in [1.807, 2.05) is 58.7 Å². The van der Waals surface area contributed by atoms with Crippen LogP contribution in [0.1, 0.15) is 15.2 Å². The number of hydrogen-bond donors (Lipinski definition) is 1. The number of rotatable bonds is 6. The van der Waals surface area contributed by atoms with Crippen LogP contribution in [-0.2, 0) is 6.54 Å². The van der Waals surface area contributed by atoms with Gasteiger partial charge in [0.2, 0.25) is 0 Å². The number of ether oxygens (including phenoxy) is 1. The Morgan fingerprint density at radius 3 is 2.41 bits per heavy atom. The number of hydrogen-bond acceptors (Lipinski definition) is 3. The fraction of sp³-hybridized carbons (Fsp3) is 0.0870. The largest absolute Gasteiger partial charge is 0.497 e. The molecule has 2 heterocycles. The predicted octanol–water partition coefficient (Wildman–Crippen LogP) is 5.28. The summed E-state index contributed by atoms with van der Waals surface area (Å²) >= 11 is 1.38. The highest BCUT2D eigenvalue weighted by atomic mass is 32.1. The average molecular weight is 406 g/mol. The first-order valence-corrected chi connectivity index (χ1v) is 9.95. The summed E-state index contributed by atoms with van der Waals surface area (Å²) in [6, 6.07) is 17.7. The molecule has 2 aromatic carbocycles. The number of carbonyl (C=O) groups excluding carboxylic acids is 1. The van der Waals surface area contributed by atoms with Crippen LogP contribution in [0.3, 0.4) is 0 Å². The van der Waals surface area contributed by atoms with Crippen molar-refractivity contribution in [3.05, 3.63) is 94.7 Å². The molecule has 1 amide bonds. The van der Waals surface area contributed by atoms with E-state index in [0.717, 1.165) is 28.1 Å². The van der Waals surface area contributed by atoms with Crippen LogP contribution in [0.2, 0.25) is 0 Å². The number of aromatic nitrogens is 1. The molecule has 4 rings (SSSR count).